The van der Waals surface area contributed by atoms with E-state index < -0.39 is 0 Å². The third-order valence-electron chi connectivity index (χ3n) is 3.70. The van der Waals surface area contributed by atoms with E-state index in [1.807, 2.05) is 7.05 Å². The number of halogens is 1. The Balaban J connectivity index is 2.86. The summed E-state index contributed by atoms with van der Waals surface area (Å²) in [5, 5.41) is 7.29. The van der Waals surface area contributed by atoms with Crippen LogP contribution >= 0.6 is 0 Å². The van der Waals surface area contributed by atoms with E-state index in [0.717, 1.165) is 0 Å². The first-order valence-corrected chi connectivity index (χ1v) is 6.46. The van der Waals surface area contributed by atoms with Crippen molar-refractivity contribution in [1.29, 1.82) is 5.41 Å². The molecule has 0 aliphatic carbocycles. The van der Waals surface area contributed by atoms with E-state index in [9.17, 15) is 4.39 Å². The van der Waals surface area contributed by atoms with Gasteiger partial charge >= 0.3 is 0 Å². The number of nitrogens with zero attached hydrogens (tertiary/aromatic N) is 1. The van der Waals surface area contributed by atoms with E-state index in [0.29, 0.717) is 23.7 Å². The van der Waals surface area contributed by atoms with Crippen molar-refractivity contribution >= 4 is 5.84 Å². The molecule has 0 aromatic heterocycles. The second-order valence-corrected chi connectivity index (χ2v) is 6.18. The lowest BCUT2D eigenvalue weighted by Gasteiger charge is -2.35. The van der Waals surface area contributed by atoms with Crippen molar-refractivity contribution < 1.29 is 4.39 Å². The summed E-state index contributed by atoms with van der Waals surface area (Å²) in [5.74, 6) is -0.414. The molecule has 0 saturated heterocycles. The first-order chi connectivity index (χ1) is 8.62. The first-order valence-electron chi connectivity index (χ1n) is 6.46. The number of benzene rings is 1. The van der Waals surface area contributed by atoms with Gasteiger partial charge in [-0.25, -0.2) is 4.39 Å². The van der Waals surface area contributed by atoms with E-state index in [4.69, 9.17) is 11.1 Å². The topological polar surface area (TPSA) is 53.1 Å². The van der Waals surface area contributed by atoms with Gasteiger partial charge in [0, 0.05) is 23.7 Å². The minimum atomic E-state index is -0.305. The summed E-state index contributed by atoms with van der Waals surface area (Å²) in [6, 6.07) is 5.06. The molecule has 0 amide bonds. The van der Waals surface area contributed by atoms with Gasteiger partial charge in [0.05, 0.1) is 0 Å². The molecule has 4 heteroatoms. The van der Waals surface area contributed by atoms with Crippen molar-refractivity contribution in [3.8, 4) is 0 Å². The van der Waals surface area contributed by atoms with Gasteiger partial charge in [0.25, 0.3) is 0 Å². The van der Waals surface area contributed by atoms with E-state index >= 15 is 0 Å². The van der Waals surface area contributed by atoms with Crippen molar-refractivity contribution in [2.75, 3.05) is 7.05 Å². The Labute approximate surface area is 115 Å². The minimum Gasteiger partial charge on any atom is -0.384 e. The number of nitrogen functional groups attached to an aromatic ring is 1. The quantitative estimate of drug-likeness (QED) is 0.649. The molecule has 3 nitrogen and oxygen atoms in total. The van der Waals surface area contributed by atoms with Gasteiger partial charge in [-0.15, -0.1) is 0 Å². The summed E-state index contributed by atoms with van der Waals surface area (Å²) in [6.45, 7) is 9.19. The van der Waals surface area contributed by atoms with E-state index in [1.165, 1.54) is 6.07 Å². The highest BCUT2D eigenvalue weighted by molar-refractivity contribution is 5.94. The number of nitrogens with one attached hydrogen (secondary N) is 1. The summed E-state index contributed by atoms with van der Waals surface area (Å²) in [6.07, 6.45) is 0. The lowest BCUT2D eigenvalue weighted by Crippen LogP contribution is -2.39. The molecular weight excluding hydrogens is 241 g/mol. The van der Waals surface area contributed by atoms with Gasteiger partial charge < -0.3 is 5.73 Å². The maximum Gasteiger partial charge on any atom is 0.128 e. The molecule has 0 fully saturated rings. The minimum absolute atomic E-state index is 0.109. The van der Waals surface area contributed by atoms with Crippen LogP contribution in [0.3, 0.4) is 0 Å². The van der Waals surface area contributed by atoms with Crippen LogP contribution < -0.4 is 5.73 Å². The lowest BCUT2D eigenvalue weighted by molar-refractivity contribution is 0.133. The maximum absolute atomic E-state index is 14.0. The smallest absolute Gasteiger partial charge is 0.128 e. The molecule has 0 bridgehead atoms. The zero-order chi connectivity index (χ0) is 14.8. The van der Waals surface area contributed by atoms with Crippen LogP contribution in [-0.4, -0.2) is 23.8 Å². The highest BCUT2D eigenvalue weighted by Crippen LogP contribution is 2.24. The van der Waals surface area contributed by atoms with Crippen LogP contribution in [0, 0.1) is 16.6 Å². The molecule has 1 unspecified atom stereocenters. The molecule has 1 atom stereocenters. The van der Waals surface area contributed by atoms with Crippen LogP contribution in [0.25, 0.3) is 0 Å². The Kier molecular flexibility index (Phi) is 4.69. The Morgan fingerprint density at radius 2 is 2.00 bits per heavy atom. The van der Waals surface area contributed by atoms with Crippen molar-refractivity contribution in [2.24, 2.45) is 11.1 Å². The van der Waals surface area contributed by atoms with Crippen molar-refractivity contribution in [2.45, 2.75) is 40.3 Å². The van der Waals surface area contributed by atoms with Crippen LogP contribution in [0.4, 0.5) is 4.39 Å². The predicted octanol–water partition coefficient (Wildman–Crippen LogP) is 2.98. The molecule has 0 saturated carbocycles. The first kappa shape index (κ1) is 15.6. The summed E-state index contributed by atoms with van der Waals surface area (Å²) >= 11 is 0. The van der Waals surface area contributed by atoms with Crippen LogP contribution in [0.15, 0.2) is 18.2 Å². The van der Waals surface area contributed by atoms with Crippen LogP contribution in [-0.2, 0) is 6.54 Å². The van der Waals surface area contributed by atoms with Crippen LogP contribution in [0.2, 0.25) is 0 Å². The van der Waals surface area contributed by atoms with Crippen molar-refractivity contribution in [3.05, 3.63) is 35.1 Å². The molecule has 0 aliphatic heterocycles. The Hall–Kier alpha value is -1.42. The van der Waals surface area contributed by atoms with Gasteiger partial charge in [-0.1, -0.05) is 32.9 Å². The standard InChI is InChI=1S/C15H24FN3/c1-10(15(2,3)4)19(5)9-12-7-6-11(14(17)18)8-13(12)16/h6-8,10H,9H2,1-5H3,(H3,17,18). The molecule has 1 aromatic rings. The summed E-state index contributed by atoms with van der Waals surface area (Å²) in [4.78, 5) is 2.13. The Bertz CT molecular complexity index is 463. The second-order valence-electron chi connectivity index (χ2n) is 6.18. The van der Waals surface area contributed by atoms with Gasteiger partial charge in [0.2, 0.25) is 0 Å². The lowest BCUT2D eigenvalue weighted by atomic mass is 9.87. The van der Waals surface area contributed by atoms with E-state index in [-0.39, 0.29) is 17.1 Å². The van der Waals surface area contributed by atoms with Crippen LogP contribution in [0.1, 0.15) is 38.8 Å². The molecule has 0 spiro atoms. The number of rotatable bonds is 4. The van der Waals surface area contributed by atoms with Gasteiger partial charge in [-0.3, -0.25) is 10.3 Å². The highest BCUT2D eigenvalue weighted by atomic mass is 19.1. The molecular formula is C15H24FN3. The van der Waals surface area contributed by atoms with Crippen LogP contribution in [0.5, 0.6) is 0 Å². The Morgan fingerprint density at radius 1 is 1.42 bits per heavy atom. The summed E-state index contributed by atoms with van der Waals surface area (Å²) < 4.78 is 14.0. The molecule has 0 heterocycles. The molecule has 0 aliphatic rings. The number of nitrogens with two attached hydrogens (primary N) is 1. The number of amidine groups is 1. The molecule has 1 rings (SSSR count). The highest BCUT2D eigenvalue weighted by Gasteiger charge is 2.24. The second kappa shape index (κ2) is 5.70. The fraction of sp³-hybridized carbons (Fsp3) is 0.533. The zero-order valence-electron chi connectivity index (χ0n) is 12.4. The third-order valence-corrected chi connectivity index (χ3v) is 3.70. The molecule has 19 heavy (non-hydrogen) atoms. The molecule has 106 valence electrons. The fourth-order valence-corrected chi connectivity index (χ4v) is 1.91. The monoisotopic (exact) mass is 265 g/mol. The van der Waals surface area contributed by atoms with Crippen molar-refractivity contribution in [3.63, 3.8) is 0 Å². The van der Waals surface area contributed by atoms with Gasteiger partial charge in [-0.2, -0.15) is 0 Å². The normalized spacial score (nSPS) is 13.6. The summed E-state index contributed by atoms with van der Waals surface area (Å²) in [5.41, 5.74) is 6.54. The van der Waals surface area contributed by atoms with E-state index in [2.05, 4.69) is 32.6 Å². The van der Waals surface area contributed by atoms with Gasteiger partial charge in [-0.05, 0) is 25.5 Å². The Morgan fingerprint density at radius 3 is 2.42 bits per heavy atom. The third kappa shape index (κ3) is 4.03. The van der Waals surface area contributed by atoms with Crippen molar-refractivity contribution in [1.82, 2.24) is 4.90 Å². The predicted molar refractivity (Wildman–Crippen MR) is 77.8 cm³/mol. The zero-order valence-corrected chi connectivity index (χ0v) is 12.4. The molecule has 3 N–H and O–H groups in total. The fourth-order valence-electron chi connectivity index (χ4n) is 1.91. The SMILES string of the molecule is CC(N(C)Cc1ccc(C(=N)N)cc1F)C(C)(C)C. The summed E-state index contributed by atoms with van der Waals surface area (Å²) in [7, 11) is 1.99. The average molecular weight is 265 g/mol. The van der Waals surface area contributed by atoms with Gasteiger partial charge in [0.1, 0.15) is 11.7 Å². The molecule has 0 radical (unpaired) electrons. The average Bonchev–Trinajstić information content (AvgIpc) is 2.29. The number of hydrogen-bond donors (Lipinski definition) is 2. The van der Waals surface area contributed by atoms with Gasteiger partial charge in [0.15, 0.2) is 0 Å². The molecule has 1 aromatic carbocycles. The number of hydrogen-bond acceptors (Lipinski definition) is 2. The largest absolute Gasteiger partial charge is 0.384 e. The maximum atomic E-state index is 14.0. The van der Waals surface area contributed by atoms with E-state index in [1.54, 1.807) is 12.1 Å².